The van der Waals surface area contributed by atoms with E-state index in [4.69, 9.17) is 8.84 Å². The van der Waals surface area contributed by atoms with Crippen LogP contribution in [0.3, 0.4) is 0 Å². The smallest absolute Gasteiger partial charge is 0.227 e. The van der Waals surface area contributed by atoms with E-state index < -0.39 is 9.04 Å². The first-order valence-corrected chi connectivity index (χ1v) is 14.7. The van der Waals surface area contributed by atoms with Crippen molar-refractivity contribution >= 4 is 25.9 Å². The van der Waals surface area contributed by atoms with Crippen LogP contribution in [0.2, 0.25) is 11.6 Å². The lowest BCUT2D eigenvalue weighted by Gasteiger charge is -2.33. The van der Waals surface area contributed by atoms with Crippen LogP contribution in [0.25, 0.3) is 11.0 Å². The van der Waals surface area contributed by atoms with Crippen molar-refractivity contribution in [3.05, 3.63) is 65.9 Å². The van der Waals surface area contributed by atoms with E-state index in [0.29, 0.717) is 13.0 Å². The van der Waals surface area contributed by atoms with Crippen LogP contribution in [0, 0.1) is 0 Å². The number of carbonyl (C=O) groups excluding carboxylic acids is 1. The molecule has 3 atom stereocenters. The van der Waals surface area contributed by atoms with Gasteiger partial charge in [0.25, 0.3) is 0 Å². The van der Waals surface area contributed by atoms with Gasteiger partial charge in [-0.25, -0.2) is 0 Å². The van der Waals surface area contributed by atoms with E-state index in [2.05, 4.69) is 32.2 Å². The number of likely N-dealkylation sites (tertiary alicyclic amines) is 1. The van der Waals surface area contributed by atoms with Crippen molar-refractivity contribution in [1.29, 1.82) is 0 Å². The minimum absolute atomic E-state index is 0.0350. The van der Waals surface area contributed by atoms with Gasteiger partial charge in [-0.3, -0.25) is 9.69 Å². The monoisotopic (exact) mass is 494 g/mol. The van der Waals surface area contributed by atoms with Crippen LogP contribution in [0.15, 0.2) is 59.2 Å². The van der Waals surface area contributed by atoms with Crippen molar-refractivity contribution < 1.29 is 18.7 Å². The summed E-state index contributed by atoms with van der Waals surface area (Å²) in [4.78, 5) is 17.7. The van der Waals surface area contributed by atoms with Crippen LogP contribution in [0.5, 0.6) is 5.75 Å². The third kappa shape index (κ3) is 6.15. The SMILES string of the molecule is CN(C(=O)Cc1cccc2occc12)[C@H](CN1CC[C@H](O[SiH](C)C(C)(C)C)C1)c1cccc(O)c1. The molecular formula is C28H38N2O4Si. The van der Waals surface area contributed by atoms with Gasteiger partial charge >= 0.3 is 0 Å². The molecule has 1 N–H and O–H groups in total. The minimum atomic E-state index is -1.30. The lowest BCUT2D eigenvalue weighted by atomic mass is 10.0. The summed E-state index contributed by atoms with van der Waals surface area (Å²) in [6.07, 6.45) is 3.22. The number of hydrogen-bond acceptors (Lipinski definition) is 5. The Labute approximate surface area is 210 Å². The highest BCUT2D eigenvalue weighted by molar-refractivity contribution is 6.53. The summed E-state index contributed by atoms with van der Waals surface area (Å²) in [6.45, 7) is 11.6. The molecule has 1 aliphatic heterocycles. The number of aromatic hydroxyl groups is 1. The predicted octanol–water partition coefficient (Wildman–Crippen LogP) is 5.13. The molecule has 1 fully saturated rings. The number of phenolic OH excluding ortho intramolecular Hbond substituents is 1. The summed E-state index contributed by atoms with van der Waals surface area (Å²) < 4.78 is 12.0. The Balaban J connectivity index is 1.49. The minimum Gasteiger partial charge on any atom is -0.508 e. The maximum Gasteiger partial charge on any atom is 0.227 e. The van der Waals surface area contributed by atoms with Gasteiger partial charge in [-0.05, 0) is 53.4 Å². The van der Waals surface area contributed by atoms with Gasteiger partial charge in [-0.2, -0.15) is 0 Å². The molecule has 6 nitrogen and oxygen atoms in total. The van der Waals surface area contributed by atoms with E-state index >= 15 is 0 Å². The predicted molar refractivity (Wildman–Crippen MR) is 142 cm³/mol. The molecule has 3 aromatic rings. The molecule has 35 heavy (non-hydrogen) atoms. The molecular weight excluding hydrogens is 456 g/mol. The maximum absolute atomic E-state index is 13.5. The third-order valence-corrected chi connectivity index (χ3v) is 10.6. The van der Waals surface area contributed by atoms with Gasteiger partial charge in [-0.15, -0.1) is 0 Å². The van der Waals surface area contributed by atoms with Gasteiger partial charge in [0.05, 0.1) is 24.8 Å². The van der Waals surface area contributed by atoms with Gasteiger partial charge in [0, 0.05) is 32.1 Å². The van der Waals surface area contributed by atoms with E-state index in [0.717, 1.165) is 41.6 Å². The summed E-state index contributed by atoms with van der Waals surface area (Å²) in [5.74, 6) is 0.247. The molecule has 1 amide bonds. The molecule has 0 bridgehead atoms. The second-order valence-corrected chi connectivity index (χ2v) is 14.1. The quantitative estimate of drug-likeness (QED) is 0.440. The molecule has 2 aromatic carbocycles. The number of carbonyl (C=O) groups is 1. The summed E-state index contributed by atoms with van der Waals surface area (Å²) in [7, 11) is 0.570. The Kier molecular flexibility index (Phi) is 7.69. The van der Waals surface area contributed by atoms with Gasteiger partial charge < -0.3 is 18.8 Å². The van der Waals surface area contributed by atoms with Crippen molar-refractivity contribution in [2.45, 2.75) is 57.3 Å². The van der Waals surface area contributed by atoms with E-state index in [1.807, 2.05) is 48.3 Å². The van der Waals surface area contributed by atoms with E-state index in [1.165, 1.54) is 0 Å². The highest BCUT2D eigenvalue weighted by atomic mass is 28.3. The van der Waals surface area contributed by atoms with Crippen molar-refractivity contribution in [3.8, 4) is 5.75 Å². The zero-order valence-electron chi connectivity index (χ0n) is 21.5. The molecule has 1 aromatic heterocycles. The number of hydrogen-bond donors (Lipinski definition) is 1. The standard InChI is InChI=1S/C28H38N2O4Si/c1-28(2,3)35(5)34-23-12-14-30(18-23)19-25(21-9-6-10-22(31)16-21)29(4)27(32)17-20-8-7-11-26-24(20)13-15-33-26/h6-11,13,15-16,23,25,31,35H,12,14,17-19H2,1-5H3/t23-,25+,35?/m0/s1. The number of fused-ring (bicyclic) bond motifs is 1. The van der Waals surface area contributed by atoms with Crippen LogP contribution < -0.4 is 0 Å². The lowest BCUT2D eigenvalue weighted by molar-refractivity contribution is -0.131. The Morgan fingerprint density at radius 2 is 2.03 bits per heavy atom. The fourth-order valence-corrected chi connectivity index (χ4v) is 5.88. The number of furan rings is 1. The first kappa shape index (κ1) is 25.5. The molecule has 1 unspecified atom stereocenters. The number of likely N-dealkylation sites (N-methyl/N-ethyl adjacent to an activating group) is 1. The van der Waals surface area contributed by atoms with E-state index in [-0.39, 0.29) is 28.8 Å². The average Bonchev–Trinajstić information content (AvgIpc) is 3.46. The summed E-state index contributed by atoms with van der Waals surface area (Å²) in [5.41, 5.74) is 2.68. The van der Waals surface area contributed by atoms with Gasteiger partial charge in [-0.1, -0.05) is 45.0 Å². The number of benzene rings is 2. The van der Waals surface area contributed by atoms with E-state index in [1.54, 1.807) is 18.4 Å². The normalized spacial score (nSPS) is 18.6. The van der Waals surface area contributed by atoms with Gasteiger partial charge in [0.15, 0.2) is 9.04 Å². The highest BCUT2D eigenvalue weighted by Crippen LogP contribution is 2.31. The molecule has 1 saturated heterocycles. The second kappa shape index (κ2) is 10.6. The first-order valence-electron chi connectivity index (χ1n) is 12.5. The topological polar surface area (TPSA) is 66.2 Å². The fourth-order valence-electron chi connectivity index (χ4n) is 4.67. The molecule has 7 heteroatoms. The summed E-state index contributed by atoms with van der Waals surface area (Å²) in [5, 5.41) is 11.4. The van der Waals surface area contributed by atoms with Crippen molar-refractivity contribution in [2.75, 3.05) is 26.7 Å². The van der Waals surface area contributed by atoms with Crippen molar-refractivity contribution in [1.82, 2.24) is 9.80 Å². The fraction of sp³-hybridized carbons (Fsp3) is 0.464. The summed E-state index contributed by atoms with van der Waals surface area (Å²) in [6, 6.07) is 14.8. The zero-order chi connectivity index (χ0) is 25.2. The molecule has 188 valence electrons. The number of rotatable bonds is 8. The third-order valence-electron chi connectivity index (χ3n) is 7.32. The van der Waals surface area contributed by atoms with Crippen molar-refractivity contribution in [3.63, 3.8) is 0 Å². The summed E-state index contributed by atoms with van der Waals surface area (Å²) >= 11 is 0. The van der Waals surface area contributed by atoms with Crippen molar-refractivity contribution in [2.24, 2.45) is 0 Å². The lowest BCUT2D eigenvalue weighted by Crippen LogP contribution is -2.40. The number of amides is 1. The Hall–Kier alpha value is -2.61. The molecule has 4 rings (SSSR count). The number of phenols is 1. The van der Waals surface area contributed by atoms with Crippen LogP contribution in [-0.2, 0) is 15.6 Å². The Morgan fingerprint density at radius 1 is 1.26 bits per heavy atom. The number of nitrogens with zero attached hydrogens (tertiary/aromatic N) is 2. The highest BCUT2D eigenvalue weighted by Gasteiger charge is 2.32. The zero-order valence-corrected chi connectivity index (χ0v) is 22.7. The molecule has 1 aliphatic rings. The maximum atomic E-state index is 13.5. The van der Waals surface area contributed by atoms with Gasteiger partial charge in [0.1, 0.15) is 11.3 Å². The second-order valence-electron chi connectivity index (χ2n) is 10.9. The van der Waals surface area contributed by atoms with Crippen LogP contribution in [0.1, 0.15) is 44.4 Å². The van der Waals surface area contributed by atoms with E-state index in [9.17, 15) is 9.90 Å². The Morgan fingerprint density at radius 3 is 2.77 bits per heavy atom. The molecule has 2 heterocycles. The first-order chi connectivity index (χ1) is 16.6. The van der Waals surface area contributed by atoms with Gasteiger partial charge in [0.2, 0.25) is 5.91 Å². The molecule has 0 saturated carbocycles. The molecule has 0 radical (unpaired) electrons. The van der Waals surface area contributed by atoms with Crippen LogP contribution in [0.4, 0.5) is 0 Å². The molecule has 0 aliphatic carbocycles. The Bertz CT molecular complexity index is 1160. The van der Waals surface area contributed by atoms with Crippen LogP contribution >= 0.6 is 0 Å². The molecule has 0 spiro atoms. The van der Waals surface area contributed by atoms with Crippen LogP contribution in [-0.4, -0.2) is 62.6 Å². The average molecular weight is 495 g/mol. The largest absolute Gasteiger partial charge is 0.508 e.